The van der Waals surface area contributed by atoms with Gasteiger partial charge in [0.15, 0.2) is 0 Å². The molecule has 2 heterocycles. The van der Waals surface area contributed by atoms with Crippen molar-refractivity contribution in [3.8, 4) is 11.1 Å². The van der Waals surface area contributed by atoms with Crippen LogP contribution in [0.3, 0.4) is 0 Å². The summed E-state index contributed by atoms with van der Waals surface area (Å²) in [6.07, 6.45) is 6.22. The van der Waals surface area contributed by atoms with Gasteiger partial charge in [-0.25, -0.2) is 4.39 Å². The molecule has 0 spiro atoms. The lowest BCUT2D eigenvalue weighted by Gasteiger charge is -2.36. The molecule has 1 saturated heterocycles. The molecule has 0 radical (unpaired) electrons. The summed E-state index contributed by atoms with van der Waals surface area (Å²) in [5, 5.41) is 3.11. The maximum absolute atomic E-state index is 13.4. The minimum absolute atomic E-state index is 0.0493. The van der Waals surface area contributed by atoms with Crippen molar-refractivity contribution < 1.29 is 13.9 Å². The number of hydrogen-bond donors (Lipinski definition) is 1. The van der Waals surface area contributed by atoms with Gasteiger partial charge in [-0.3, -0.25) is 9.78 Å². The maximum atomic E-state index is 13.4. The van der Waals surface area contributed by atoms with Crippen molar-refractivity contribution in [2.75, 3.05) is 19.8 Å². The number of rotatable bonds is 7. The van der Waals surface area contributed by atoms with Crippen LogP contribution in [0.25, 0.3) is 11.1 Å². The van der Waals surface area contributed by atoms with E-state index >= 15 is 0 Å². The molecule has 160 valence electrons. The predicted molar refractivity (Wildman–Crippen MR) is 119 cm³/mol. The van der Waals surface area contributed by atoms with Crippen molar-refractivity contribution in [2.24, 2.45) is 5.41 Å². The van der Waals surface area contributed by atoms with Crippen molar-refractivity contribution in [1.82, 2.24) is 10.3 Å². The molecule has 3 aromatic rings. The summed E-state index contributed by atoms with van der Waals surface area (Å²) in [6, 6.07) is 18.7. The van der Waals surface area contributed by atoms with E-state index in [1.165, 1.54) is 12.1 Å². The SMILES string of the molecule is O=C(NCCc1cccc(F)c1)C1(Cc2ccccc2-c2cccnc2)CCOCC1. The molecular weight excluding hydrogens is 391 g/mol. The van der Waals surface area contributed by atoms with Crippen LogP contribution in [0.2, 0.25) is 0 Å². The first-order valence-corrected chi connectivity index (χ1v) is 10.8. The number of carbonyl (C=O) groups is 1. The third-order valence-corrected chi connectivity index (χ3v) is 6.04. The second kappa shape index (κ2) is 9.84. The van der Waals surface area contributed by atoms with Crippen LogP contribution in [0.1, 0.15) is 24.0 Å². The Morgan fingerprint density at radius 1 is 1.06 bits per heavy atom. The van der Waals surface area contributed by atoms with Gasteiger partial charge >= 0.3 is 0 Å². The van der Waals surface area contributed by atoms with Gasteiger partial charge in [0.05, 0.1) is 5.41 Å². The number of carbonyl (C=O) groups excluding carboxylic acids is 1. The molecule has 0 bridgehead atoms. The van der Waals surface area contributed by atoms with Gasteiger partial charge < -0.3 is 10.1 Å². The van der Waals surface area contributed by atoms with Crippen molar-refractivity contribution in [3.63, 3.8) is 0 Å². The Hall–Kier alpha value is -3.05. The number of hydrogen-bond acceptors (Lipinski definition) is 3. The van der Waals surface area contributed by atoms with Gasteiger partial charge in [-0.1, -0.05) is 42.5 Å². The number of amides is 1. The largest absolute Gasteiger partial charge is 0.381 e. The highest BCUT2D eigenvalue weighted by Crippen LogP contribution is 2.37. The van der Waals surface area contributed by atoms with Crippen LogP contribution < -0.4 is 5.32 Å². The number of ether oxygens (including phenoxy) is 1. The highest BCUT2D eigenvalue weighted by Gasteiger charge is 2.40. The average Bonchev–Trinajstić information content (AvgIpc) is 2.81. The standard InChI is InChI=1S/C26H27FN2O2/c27-23-8-3-5-20(17-23)10-14-29-25(30)26(11-15-31-16-12-26)18-21-6-1-2-9-24(21)22-7-4-13-28-19-22/h1-9,13,17,19H,10-12,14-16,18H2,(H,29,30). The third-order valence-electron chi connectivity index (χ3n) is 6.04. The summed E-state index contributed by atoms with van der Waals surface area (Å²) in [5.41, 5.74) is 3.65. The first-order valence-electron chi connectivity index (χ1n) is 10.8. The molecule has 1 aliphatic rings. The zero-order valence-electron chi connectivity index (χ0n) is 17.5. The number of halogens is 1. The molecule has 2 aromatic carbocycles. The summed E-state index contributed by atoms with van der Waals surface area (Å²) >= 11 is 0. The minimum Gasteiger partial charge on any atom is -0.381 e. The molecule has 1 amide bonds. The van der Waals surface area contributed by atoms with E-state index in [1.807, 2.05) is 36.5 Å². The van der Waals surface area contributed by atoms with E-state index in [-0.39, 0.29) is 11.7 Å². The fourth-order valence-electron chi connectivity index (χ4n) is 4.29. The van der Waals surface area contributed by atoms with Crippen LogP contribution in [0.5, 0.6) is 0 Å². The molecule has 0 atom stereocenters. The summed E-state index contributed by atoms with van der Waals surface area (Å²) in [6.45, 7) is 1.63. The molecule has 5 heteroatoms. The normalized spacial score (nSPS) is 15.4. The monoisotopic (exact) mass is 418 g/mol. The Morgan fingerprint density at radius 2 is 1.90 bits per heavy atom. The Balaban J connectivity index is 1.51. The zero-order chi connectivity index (χ0) is 21.5. The number of aromatic nitrogens is 1. The molecule has 31 heavy (non-hydrogen) atoms. The van der Waals surface area contributed by atoms with E-state index in [1.54, 1.807) is 12.3 Å². The summed E-state index contributed by atoms with van der Waals surface area (Å²) in [5.74, 6) is -0.204. The highest BCUT2D eigenvalue weighted by molar-refractivity contribution is 5.83. The van der Waals surface area contributed by atoms with Gasteiger partial charge in [0.1, 0.15) is 5.82 Å². The Morgan fingerprint density at radius 3 is 2.68 bits per heavy atom. The molecule has 1 aromatic heterocycles. The molecule has 0 aliphatic carbocycles. The molecule has 0 saturated carbocycles. The van der Waals surface area contributed by atoms with E-state index in [0.717, 1.165) is 22.3 Å². The third kappa shape index (κ3) is 5.17. The van der Waals surface area contributed by atoms with Crippen LogP contribution in [0.15, 0.2) is 73.1 Å². The Bertz CT molecular complexity index is 1020. The van der Waals surface area contributed by atoms with Gasteiger partial charge in [-0.2, -0.15) is 0 Å². The second-order valence-corrected chi connectivity index (χ2v) is 8.10. The van der Waals surface area contributed by atoms with Gasteiger partial charge in [-0.05, 0) is 60.6 Å². The first-order chi connectivity index (χ1) is 15.2. The van der Waals surface area contributed by atoms with E-state index in [4.69, 9.17) is 4.74 Å². The van der Waals surface area contributed by atoms with Crippen LogP contribution >= 0.6 is 0 Å². The number of pyridine rings is 1. The van der Waals surface area contributed by atoms with Crippen molar-refractivity contribution in [1.29, 1.82) is 0 Å². The van der Waals surface area contributed by atoms with Crippen LogP contribution in [-0.2, 0) is 22.4 Å². The lowest BCUT2D eigenvalue weighted by molar-refractivity contribution is -0.136. The second-order valence-electron chi connectivity index (χ2n) is 8.10. The number of benzene rings is 2. The molecular formula is C26H27FN2O2. The van der Waals surface area contributed by atoms with Crippen LogP contribution in [0.4, 0.5) is 4.39 Å². The van der Waals surface area contributed by atoms with E-state index in [9.17, 15) is 9.18 Å². The average molecular weight is 419 g/mol. The highest BCUT2D eigenvalue weighted by atomic mass is 19.1. The summed E-state index contributed by atoms with van der Waals surface area (Å²) in [7, 11) is 0. The van der Waals surface area contributed by atoms with Crippen molar-refractivity contribution >= 4 is 5.91 Å². The predicted octanol–water partition coefficient (Wildman–Crippen LogP) is 4.59. The maximum Gasteiger partial charge on any atom is 0.226 e. The molecule has 1 N–H and O–H groups in total. The van der Waals surface area contributed by atoms with Crippen molar-refractivity contribution in [2.45, 2.75) is 25.7 Å². The van der Waals surface area contributed by atoms with Gasteiger partial charge in [0.25, 0.3) is 0 Å². The quantitative estimate of drug-likeness (QED) is 0.611. The van der Waals surface area contributed by atoms with Gasteiger partial charge in [-0.15, -0.1) is 0 Å². The topological polar surface area (TPSA) is 51.2 Å². The van der Waals surface area contributed by atoms with E-state index < -0.39 is 5.41 Å². The van der Waals surface area contributed by atoms with Crippen LogP contribution in [-0.4, -0.2) is 30.6 Å². The molecule has 4 rings (SSSR count). The summed E-state index contributed by atoms with van der Waals surface area (Å²) < 4.78 is 19.0. The molecule has 1 fully saturated rings. The lowest BCUT2D eigenvalue weighted by Crippen LogP contribution is -2.46. The smallest absolute Gasteiger partial charge is 0.226 e. The molecule has 4 nitrogen and oxygen atoms in total. The summed E-state index contributed by atoms with van der Waals surface area (Å²) in [4.78, 5) is 17.6. The lowest BCUT2D eigenvalue weighted by atomic mass is 9.73. The van der Waals surface area contributed by atoms with Gasteiger partial charge in [0, 0.05) is 37.7 Å². The first kappa shape index (κ1) is 21.2. The van der Waals surface area contributed by atoms with E-state index in [2.05, 4.69) is 22.4 Å². The fourth-order valence-corrected chi connectivity index (χ4v) is 4.29. The number of nitrogens with zero attached hydrogens (tertiary/aromatic N) is 1. The van der Waals surface area contributed by atoms with Crippen LogP contribution in [0, 0.1) is 11.2 Å². The fraction of sp³-hybridized carbons (Fsp3) is 0.308. The van der Waals surface area contributed by atoms with Crippen molar-refractivity contribution in [3.05, 3.63) is 90.0 Å². The minimum atomic E-state index is -0.515. The molecule has 1 aliphatic heterocycles. The Labute approximate surface area is 182 Å². The van der Waals surface area contributed by atoms with E-state index in [0.29, 0.717) is 45.4 Å². The van der Waals surface area contributed by atoms with Gasteiger partial charge in [0.2, 0.25) is 5.91 Å². The molecule has 0 unspecified atom stereocenters. The zero-order valence-corrected chi connectivity index (χ0v) is 17.5. The Kier molecular flexibility index (Phi) is 6.73. The number of nitrogens with one attached hydrogen (secondary N) is 1.